The van der Waals surface area contributed by atoms with E-state index < -0.39 is 23.9 Å². The summed E-state index contributed by atoms with van der Waals surface area (Å²) in [5.41, 5.74) is 0. The van der Waals surface area contributed by atoms with E-state index in [2.05, 4.69) is 5.32 Å². The molecule has 8 nitrogen and oxygen atoms in total. The van der Waals surface area contributed by atoms with Crippen molar-refractivity contribution in [2.45, 2.75) is 18.9 Å². The highest BCUT2D eigenvalue weighted by Crippen LogP contribution is 2.14. The molecular formula is C10H14N2O6S. The summed E-state index contributed by atoms with van der Waals surface area (Å²) in [6, 6.07) is -1.26. The van der Waals surface area contributed by atoms with Crippen molar-refractivity contribution >= 4 is 35.5 Å². The Morgan fingerprint density at radius 3 is 2.53 bits per heavy atom. The molecule has 0 aromatic rings. The molecule has 0 radical (unpaired) electrons. The quantitative estimate of drug-likeness (QED) is 0.546. The summed E-state index contributed by atoms with van der Waals surface area (Å²) < 4.78 is 0. The first-order valence-electron chi connectivity index (χ1n) is 5.49. The number of rotatable bonds is 7. The number of nitrogens with one attached hydrogen (secondary N) is 1. The van der Waals surface area contributed by atoms with Crippen molar-refractivity contribution in [1.82, 2.24) is 10.2 Å². The zero-order valence-electron chi connectivity index (χ0n) is 10.00. The first-order chi connectivity index (χ1) is 8.90. The van der Waals surface area contributed by atoms with Gasteiger partial charge in [0.05, 0.1) is 11.6 Å². The second kappa shape index (κ2) is 6.98. The van der Waals surface area contributed by atoms with Crippen LogP contribution in [0.4, 0.5) is 0 Å². The van der Waals surface area contributed by atoms with Crippen LogP contribution in [0.5, 0.6) is 0 Å². The van der Waals surface area contributed by atoms with Crippen LogP contribution in [0.25, 0.3) is 0 Å². The summed E-state index contributed by atoms with van der Waals surface area (Å²) in [5, 5.41) is 19.6. The van der Waals surface area contributed by atoms with Gasteiger partial charge in [-0.1, -0.05) is 0 Å². The van der Waals surface area contributed by atoms with Crippen molar-refractivity contribution in [1.29, 1.82) is 0 Å². The van der Waals surface area contributed by atoms with Crippen LogP contribution in [-0.2, 0) is 19.2 Å². The molecule has 1 fully saturated rings. The average molecular weight is 290 g/mol. The SMILES string of the molecule is O=C(O)CC[C@H](NC(=O)CN1CSCC1=O)C(=O)O. The molecule has 0 saturated carbocycles. The van der Waals surface area contributed by atoms with Crippen molar-refractivity contribution in [3.8, 4) is 0 Å². The number of amides is 2. The zero-order chi connectivity index (χ0) is 14.4. The summed E-state index contributed by atoms with van der Waals surface area (Å²) >= 11 is 1.37. The Hall–Kier alpha value is -1.77. The van der Waals surface area contributed by atoms with E-state index in [-0.39, 0.29) is 25.3 Å². The molecular weight excluding hydrogens is 276 g/mol. The van der Waals surface area contributed by atoms with Crippen LogP contribution in [0, 0.1) is 0 Å². The van der Waals surface area contributed by atoms with Gasteiger partial charge in [-0.15, -0.1) is 11.8 Å². The maximum absolute atomic E-state index is 11.6. The fraction of sp³-hybridized carbons (Fsp3) is 0.600. The third-order valence-electron chi connectivity index (χ3n) is 2.44. The second-order valence-corrected chi connectivity index (χ2v) is 4.92. The highest BCUT2D eigenvalue weighted by Gasteiger charge is 2.26. The molecule has 1 heterocycles. The standard InChI is InChI=1S/C10H14N2O6S/c13-7(3-12-5-19-4-8(12)14)11-6(10(17)18)1-2-9(15)16/h6H,1-5H2,(H,11,13)(H,15,16)(H,17,18)/t6-/m0/s1. The molecule has 106 valence electrons. The molecule has 0 aliphatic carbocycles. The molecule has 3 N–H and O–H groups in total. The Labute approximate surface area is 113 Å². The van der Waals surface area contributed by atoms with Gasteiger partial charge in [-0.2, -0.15) is 0 Å². The lowest BCUT2D eigenvalue weighted by molar-refractivity contribution is -0.143. The van der Waals surface area contributed by atoms with Gasteiger partial charge < -0.3 is 20.4 Å². The molecule has 19 heavy (non-hydrogen) atoms. The van der Waals surface area contributed by atoms with Gasteiger partial charge in [-0.3, -0.25) is 14.4 Å². The van der Waals surface area contributed by atoms with E-state index in [1.807, 2.05) is 0 Å². The predicted molar refractivity (Wildman–Crippen MR) is 65.5 cm³/mol. The first kappa shape index (κ1) is 15.3. The predicted octanol–water partition coefficient (Wildman–Crippen LogP) is -1.05. The summed E-state index contributed by atoms with van der Waals surface area (Å²) in [6.45, 7) is -0.206. The van der Waals surface area contributed by atoms with Crippen LogP contribution in [0.3, 0.4) is 0 Å². The Morgan fingerprint density at radius 1 is 1.37 bits per heavy atom. The minimum atomic E-state index is -1.29. The minimum absolute atomic E-state index is 0.169. The minimum Gasteiger partial charge on any atom is -0.481 e. The smallest absolute Gasteiger partial charge is 0.326 e. The van der Waals surface area contributed by atoms with Crippen molar-refractivity contribution in [2.75, 3.05) is 18.2 Å². The van der Waals surface area contributed by atoms with E-state index in [1.54, 1.807) is 0 Å². The lowest BCUT2D eigenvalue weighted by atomic mass is 10.1. The van der Waals surface area contributed by atoms with Gasteiger partial charge in [0, 0.05) is 6.42 Å². The first-order valence-corrected chi connectivity index (χ1v) is 6.65. The molecule has 0 spiro atoms. The van der Waals surface area contributed by atoms with E-state index >= 15 is 0 Å². The lowest BCUT2D eigenvalue weighted by Crippen LogP contribution is -2.46. The van der Waals surface area contributed by atoms with Gasteiger partial charge in [0.25, 0.3) is 0 Å². The monoisotopic (exact) mass is 290 g/mol. The van der Waals surface area contributed by atoms with Gasteiger partial charge in [0.15, 0.2) is 0 Å². The fourth-order valence-electron chi connectivity index (χ4n) is 1.48. The second-order valence-electron chi connectivity index (χ2n) is 3.96. The molecule has 0 unspecified atom stereocenters. The van der Waals surface area contributed by atoms with Gasteiger partial charge in [0.2, 0.25) is 11.8 Å². The Morgan fingerprint density at radius 2 is 2.05 bits per heavy atom. The number of hydrogen-bond acceptors (Lipinski definition) is 5. The number of carbonyl (C=O) groups excluding carboxylic acids is 2. The fourth-order valence-corrected chi connectivity index (χ4v) is 2.38. The molecule has 1 atom stereocenters. The van der Waals surface area contributed by atoms with Crippen LogP contribution in [0.1, 0.15) is 12.8 Å². The molecule has 1 aliphatic heterocycles. The van der Waals surface area contributed by atoms with E-state index in [1.165, 1.54) is 16.7 Å². The molecule has 1 rings (SSSR count). The molecule has 1 aliphatic rings. The number of carbonyl (C=O) groups is 4. The summed E-state index contributed by atoms with van der Waals surface area (Å²) in [7, 11) is 0. The van der Waals surface area contributed by atoms with Crippen LogP contribution in [0.2, 0.25) is 0 Å². The maximum atomic E-state index is 11.6. The zero-order valence-corrected chi connectivity index (χ0v) is 10.8. The van der Waals surface area contributed by atoms with Crippen LogP contribution >= 0.6 is 11.8 Å². The molecule has 0 aromatic carbocycles. The summed E-state index contributed by atoms with van der Waals surface area (Å²) in [5.74, 6) is -2.48. The van der Waals surface area contributed by atoms with Crippen LogP contribution in [0.15, 0.2) is 0 Å². The number of carboxylic acids is 2. The molecule has 2 amide bonds. The van der Waals surface area contributed by atoms with Crippen LogP contribution < -0.4 is 5.32 Å². The molecule has 9 heteroatoms. The largest absolute Gasteiger partial charge is 0.481 e. The third kappa shape index (κ3) is 5.16. The number of carboxylic acid groups (broad SMARTS) is 2. The topological polar surface area (TPSA) is 124 Å². The highest BCUT2D eigenvalue weighted by atomic mass is 32.2. The third-order valence-corrected chi connectivity index (χ3v) is 3.39. The van der Waals surface area contributed by atoms with Crippen molar-refractivity contribution in [2.24, 2.45) is 0 Å². The van der Waals surface area contributed by atoms with Gasteiger partial charge in [0.1, 0.15) is 12.6 Å². The van der Waals surface area contributed by atoms with Crippen LogP contribution in [-0.4, -0.2) is 63.1 Å². The number of thioether (sulfide) groups is 1. The number of nitrogens with zero attached hydrogens (tertiary/aromatic N) is 1. The summed E-state index contributed by atoms with van der Waals surface area (Å²) in [4.78, 5) is 45.4. The van der Waals surface area contributed by atoms with E-state index in [4.69, 9.17) is 10.2 Å². The molecule has 1 saturated heterocycles. The average Bonchev–Trinajstić information content (AvgIpc) is 2.69. The van der Waals surface area contributed by atoms with E-state index in [0.717, 1.165) is 0 Å². The normalized spacial score (nSPS) is 16.2. The lowest BCUT2D eigenvalue weighted by Gasteiger charge is -2.17. The van der Waals surface area contributed by atoms with Crippen molar-refractivity contribution < 1.29 is 29.4 Å². The van der Waals surface area contributed by atoms with Gasteiger partial charge in [-0.25, -0.2) is 4.79 Å². The Balaban J connectivity index is 2.44. The Bertz CT molecular complexity index is 399. The van der Waals surface area contributed by atoms with E-state index in [0.29, 0.717) is 11.6 Å². The van der Waals surface area contributed by atoms with Gasteiger partial charge in [-0.05, 0) is 6.42 Å². The van der Waals surface area contributed by atoms with Crippen molar-refractivity contribution in [3.63, 3.8) is 0 Å². The number of hydrogen-bond donors (Lipinski definition) is 3. The molecule has 0 aromatic heterocycles. The maximum Gasteiger partial charge on any atom is 0.326 e. The molecule has 0 bridgehead atoms. The van der Waals surface area contributed by atoms with E-state index in [9.17, 15) is 19.2 Å². The van der Waals surface area contributed by atoms with Crippen molar-refractivity contribution in [3.05, 3.63) is 0 Å². The Kier molecular flexibility index (Phi) is 5.61. The summed E-state index contributed by atoms with van der Waals surface area (Å²) in [6.07, 6.45) is -0.547. The van der Waals surface area contributed by atoms with Gasteiger partial charge >= 0.3 is 11.9 Å². The number of aliphatic carboxylic acids is 2. The highest BCUT2D eigenvalue weighted by molar-refractivity contribution is 8.00.